The number of aliphatic hydroxyl groups excluding tert-OH is 1. The van der Waals surface area contributed by atoms with E-state index < -0.39 is 12.0 Å². The summed E-state index contributed by atoms with van der Waals surface area (Å²) < 4.78 is 32.4. The van der Waals surface area contributed by atoms with Crippen LogP contribution in [0, 0.1) is 0 Å². The Morgan fingerprint density at radius 1 is 1.30 bits per heavy atom. The van der Waals surface area contributed by atoms with Gasteiger partial charge in [0.2, 0.25) is 0 Å². The van der Waals surface area contributed by atoms with E-state index >= 15 is 0 Å². The minimum atomic E-state index is -2.58. The molecule has 3 aliphatic heterocycles. The number of benzene rings is 1. The third-order valence-corrected chi connectivity index (χ3v) is 6.58. The largest absolute Gasteiger partial charge is 0.389 e. The third-order valence-electron chi connectivity index (χ3n) is 6.58. The van der Waals surface area contributed by atoms with Crippen LogP contribution in [0.1, 0.15) is 40.7 Å². The number of carbonyl (C=O) groups excluding carboxylic acids is 1. The summed E-state index contributed by atoms with van der Waals surface area (Å²) in [6, 6.07) is 5.47. The van der Waals surface area contributed by atoms with Crippen molar-refractivity contribution in [2.24, 2.45) is 0 Å². The van der Waals surface area contributed by atoms with Crippen LogP contribution in [-0.2, 0) is 17.8 Å². The van der Waals surface area contributed by atoms with Crippen molar-refractivity contribution in [2.75, 3.05) is 26.3 Å². The van der Waals surface area contributed by atoms with Crippen LogP contribution >= 0.6 is 0 Å². The monoisotopic (exact) mass is 417 g/mol. The molecule has 2 aromatic rings. The number of aliphatic hydroxyl groups is 1. The number of ether oxygens (including phenoxy) is 1. The Kier molecular flexibility index (Phi) is 4.95. The number of aromatic nitrogens is 1. The molecule has 0 saturated carbocycles. The highest BCUT2D eigenvalue weighted by Gasteiger charge is 2.39. The maximum absolute atomic E-state index is 13.5. The van der Waals surface area contributed by atoms with Gasteiger partial charge in [-0.3, -0.25) is 14.7 Å². The Balaban J connectivity index is 1.47. The topological polar surface area (TPSA) is 65.9 Å². The molecule has 0 unspecified atom stereocenters. The molecule has 0 radical (unpaired) electrons. The van der Waals surface area contributed by atoms with E-state index in [1.54, 1.807) is 11.1 Å². The van der Waals surface area contributed by atoms with E-state index in [1.807, 2.05) is 23.1 Å². The number of amides is 1. The molecule has 2 saturated heterocycles. The number of piperidine rings is 1. The van der Waals surface area contributed by atoms with Crippen LogP contribution in [0.15, 0.2) is 24.4 Å². The van der Waals surface area contributed by atoms with Gasteiger partial charge in [-0.15, -0.1) is 0 Å². The minimum absolute atomic E-state index is 0.102. The molecule has 1 aromatic heterocycles. The van der Waals surface area contributed by atoms with Gasteiger partial charge in [0.25, 0.3) is 11.8 Å². The molecule has 1 N–H and O–H groups in total. The quantitative estimate of drug-likeness (QED) is 0.832. The number of pyridine rings is 1. The van der Waals surface area contributed by atoms with E-state index in [1.165, 1.54) is 0 Å². The minimum Gasteiger partial charge on any atom is -0.389 e. The molecule has 0 aliphatic carbocycles. The average molecular weight is 417 g/mol. The van der Waals surface area contributed by atoms with Crippen molar-refractivity contribution >= 4 is 16.8 Å². The summed E-state index contributed by atoms with van der Waals surface area (Å²) in [5, 5.41) is 11.3. The highest BCUT2D eigenvalue weighted by atomic mass is 19.3. The zero-order valence-corrected chi connectivity index (χ0v) is 16.7. The summed E-state index contributed by atoms with van der Waals surface area (Å²) in [5.74, 6) is -2.69. The van der Waals surface area contributed by atoms with Gasteiger partial charge in [-0.05, 0) is 24.1 Å². The summed E-state index contributed by atoms with van der Waals surface area (Å²) >= 11 is 0. The fourth-order valence-corrected chi connectivity index (χ4v) is 4.87. The maximum Gasteiger partial charge on any atom is 0.254 e. The number of likely N-dealkylation sites (tertiary alicyclic amines) is 1. The van der Waals surface area contributed by atoms with Crippen molar-refractivity contribution in [3.8, 4) is 0 Å². The Morgan fingerprint density at radius 2 is 2.10 bits per heavy atom. The summed E-state index contributed by atoms with van der Waals surface area (Å²) in [4.78, 5) is 21.6. The summed E-state index contributed by atoms with van der Waals surface area (Å²) in [5.41, 5.74) is 3.20. The lowest BCUT2D eigenvalue weighted by Crippen LogP contribution is -2.49. The number of halogens is 2. The first-order chi connectivity index (χ1) is 14.4. The Bertz CT molecular complexity index is 973. The van der Waals surface area contributed by atoms with E-state index in [9.17, 15) is 18.7 Å². The van der Waals surface area contributed by atoms with Crippen LogP contribution in [0.2, 0.25) is 0 Å². The number of carbonyl (C=O) groups is 1. The van der Waals surface area contributed by atoms with Gasteiger partial charge in [0, 0.05) is 68.3 Å². The van der Waals surface area contributed by atoms with Gasteiger partial charge in [-0.1, -0.05) is 6.07 Å². The number of nitrogens with zero attached hydrogens (tertiary/aromatic N) is 3. The fourth-order valence-electron chi connectivity index (χ4n) is 4.87. The molecule has 0 bridgehead atoms. The highest BCUT2D eigenvalue weighted by Crippen LogP contribution is 2.35. The molecule has 2 fully saturated rings. The fraction of sp³-hybridized carbons (Fsp3) is 0.545. The normalized spacial score (nSPS) is 26.9. The van der Waals surface area contributed by atoms with Crippen LogP contribution in [0.3, 0.4) is 0 Å². The first-order valence-corrected chi connectivity index (χ1v) is 10.5. The molecule has 3 aliphatic rings. The third kappa shape index (κ3) is 3.46. The lowest BCUT2D eigenvalue weighted by atomic mass is 9.98. The molecule has 8 heteroatoms. The molecule has 1 aromatic carbocycles. The van der Waals surface area contributed by atoms with Crippen LogP contribution in [0.5, 0.6) is 0 Å². The van der Waals surface area contributed by atoms with E-state index in [0.29, 0.717) is 44.8 Å². The van der Waals surface area contributed by atoms with Gasteiger partial charge in [0.1, 0.15) is 0 Å². The second kappa shape index (κ2) is 7.51. The second-order valence-corrected chi connectivity index (χ2v) is 8.52. The molecule has 160 valence electrons. The molecular weight excluding hydrogens is 392 g/mol. The standard InChI is InChI=1S/C22H25F2N3O3/c23-22(24)4-7-26(8-5-22)11-14-10-16-17(20-15(14)2-1-6-25-20)12-27(21(16)29)18-3-9-30-13-19(18)28/h1-2,6,10,18-19,28H,3-5,7-9,11-13H2/t18-,19-/m0/s1. The summed E-state index contributed by atoms with van der Waals surface area (Å²) in [6.45, 7) is 2.35. The first kappa shape index (κ1) is 19.8. The Hall–Kier alpha value is -2.16. The number of hydrogen-bond acceptors (Lipinski definition) is 5. The van der Waals surface area contributed by atoms with Crippen molar-refractivity contribution < 1.29 is 23.4 Å². The van der Waals surface area contributed by atoms with Crippen molar-refractivity contribution in [3.05, 3.63) is 41.1 Å². The van der Waals surface area contributed by atoms with Crippen LogP contribution in [0.4, 0.5) is 8.78 Å². The lowest BCUT2D eigenvalue weighted by Gasteiger charge is -2.34. The molecule has 4 heterocycles. The molecule has 30 heavy (non-hydrogen) atoms. The predicted octanol–water partition coefficient (Wildman–Crippen LogP) is 2.57. The van der Waals surface area contributed by atoms with Gasteiger partial charge in [-0.25, -0.2) is 8.78 Å². The van der Waals surface area contributed by atoms with Gasteiger partial charge >= 0.3 is 0 Å². The molecule has 2 atom stereocenters. The van der Waals surface area contributed by atoms with E-state index in [4.69, 9.17) is 4.74 Å². The summed E-state index contributed by atoms with van der Waals surface area (Å²) in [6.07, 6.45) is 1.33. The number of alkyl halides is 2. The highest BCUT2D eigenvalue weighted by molar-refractivity contribution is 6.04. The van der Waals surface area contributed by atoms with E-state index in [-0.39, 0.29) is 31.4 Å². The van der Waals surface area contributed by atoms with Crippen molar-refractivity contribution in [2.45, 2.75) is 50.4 Å². The summed E-state index contributed by atoms with van der Waals surface area (Å²) in [7, 11) is 0. The van der Waals surface area contributed by atoms with E-state index in [0.717, 1.165) is 22.0 Å². The zero-order chi connectivity index (χ0) is 20.9. The molecule has 6 nitrogen and oxygen atoms in total. The van der Waals surface area contributed by atoms with Gasteiger partial charge in [-0.2, -0.15) is 0 Å². The number of hydrogen-bond donors (Lipinski definition) is 1. The second-order valence-electron chi connectivity index (χ2n) is 8.52. The van der Waals surface area contributed by atoms with Gasteiger partial charge in [0.15, 0.2) is 0 Å². The van der Waals surface area contributed by atoms with Crippen LogP contribution in [0.25, 0.3) is 10.9 Å². The zero-order valence-electron chi connectivity index (χ0n) is 16.7. The Labute approximate surface area is 173 Å². The smallest absolute Gasteiger partial charge is 0.254 e. The van der Waals surface area contributed by atoms with E-state index in [2.05, 4.69) is 4.98 Å². The average Bonchev–Trinajstić information content (AvgIpc) is 3.07. The van der Waals surface area contributed by atoms with Crippen LogP contribution < -0.4 is 0 Å². The predicted molar refractivity (Wildman–Crippen MR) is 106 cm³/mol. The van der Waals surface area contributed by atoms with Crippen molar-refractivity contribution in [1.29, 1.82) is 0 Å². The van der Waals surface area contributed by atoms with Gasteiger partial charge in [0.05, 0.1) is 24.3 Å². The van der Waals surface area contributed by atoms with Crippen LogP contribution in [-0.4, -0.2) is 70.2 Å². The molecular formula is C22H25F2N3O3. The lowest BCUT2D eigenvalue weighted by molar-refractivity contribution is -0.0571. The van der Waals surface area contributed by atoms with Gasteiger partial charge < -0.3 is 14.7 Å². The number of rotatable bonds is 3. The molecule has 5 rings (SSSR count). The molecule has 1 amide bonds. The van der Waals surface area contributed by atoms with Crippen molar-refractivity contribution in [1.82, 2.24) is 14.8 Å². The Morgan fingerprint density at radius 3 is 2.87 bits per heavy atom. The first-order valence-electron chi connectivity index (χ1n) is 10.5. The van der Waals surface area contributed by atoms with Crippen molar-refractivity contribution in [3.63, 3.8) is 0 Å². The number of fused-ring (bicyclic) bond motifs is 3. The maximum atomic E-state index is 13.5. The molecule has 0 spiro atoms. The SMILES string of the molecule is O=C1c2cc(CN3CCC(F)(F)CC3)c3cccnc3c2CN1[C@H]1CCOC[C@@H]1O.